The van der Waals surface area contributed by atoms with Crippen LogP contribution in [0.25, 0.3) is 17.2 Å². The Morgan fingerprint density at radius 1 is 1.26 bits per heavy atom. The van der Waals surface area contributed by atoms with E-state index in [0.29, 0.717) is 6.61 Å². The Hall–Kier alpha value is -3.48. The molecule has 0 spiro atoms. The number of pyridine rings is 1. The van der Waals surface area contributed by atoms with E-state index >= 15 is 0 Å². The molecule has 1 amide bonds. The summed E-state index contributed by atoms with van der Waals surface area (Å²) in [6.45, 7) is 8.58. The molecule has 7 atom stereocenters. The largest absolute Gasteiger partial charge is 0.462 e. The Labute approximate surface area is 223 Å². The van der Waals surface area contributed by atoms with Crippen molar-refractivity contribution >= 4 is 18.1 Å². The summed E-state index contributed by atoms with van der Waals surface area (Å²) in [6, 6.07) is 10.3. The van der Waals surface area contributed by atoms with Crippen molar-refractivity contribution in [3.05, 3.63) is 72.3 Å². The maximum atomic E-state index is 13.6. The molecule has 1 aromatic heterocycles. The summed E-state index contributed by atoms with van der Waals surface area (Å²) in [5.74, 6) is -0.0469. The normalized spacial score (nSPS) is 30.8. The number of benzene rings is 1. The van der Waals surface area contributed by atoms with Gasteiger partial charge in [0.2, 0.25) is 0 Å². The molecule has 0 bridgehead atoms. The van der Waals surface area contributed by atoms with E-state index in [4.69, 9.17) is 9.47 Å². The smallest absolute Gasteiger partial charge is 0.407 e. The first kappa shape index (κ1) is 26.1. The van der Waals surface area contributed by atoms with E-state index in [1.807, 2.05) is 31.2 Å². The standard InChI is InChI=1S/C31H35FN2O4/c1-4-37-31(36)34-25-10-8-18(2)28-22(15-25)16-27-29(19(3)38-30(27)35)26(28)13-12-24-11-9-21(17-33-24)20-6-5-7-23(32)14-20/h5-7,9,11-14,17,19,22,25-29H,2,4,8,10,15-16H2,1,3H3,(H,34,36)/b13-12+/t19-,22+,25-,26+,27-,28?,29+/m1/s1. The molecule has 5 rings (SSSR count). The molecular formula is C31H35FN2O4. The molecule has 2 aliphatic carbocycles. The van der Waals surface area contributed by atoms with E-state index in [2.05, 4.69) is 23.0 Å². The van der Waals surface area contributed by atoms with Crippen LogP contribution in [0.1, 0.15) is 45.2 Å². The van der Waals surface area contributed by atoms with Crippen LogP contribution < -0.4 is 5.32 Å². The molecule has 7 heteroatoms. The average molecular weight is 519 g/mol. The van der Waals surface area contributed by atoms with E-state index in [9.17, 15) is 14.0 Å². The third kappa shape index (κ3) is 5.38. The highest BCUT2D eigenvalue weighted by atomic mass is 19.1. The fraction of sp³-hybridized carbons (Fsp3) is 0.452. The molecule has 1 aromatic carbocycles. The second-order valence-electron chi connectivity index (χ2n) is 10.8. The first-order valence-corrected chi connectivity index (χ1v) is 13.6. The lowest BCUT2D eigenvalue weighted by atomic mass is 9.59. The molecule has 0 radical (unpaired) electrons. The number of aromatic nitrogens is 1. The average Bonchev–Trinajstić information content (AvgIpc) is 3.08. The Kier molecular flexibility index (Phi) is 7.63. The molecule has 1 N–H and O–H groups in total. The zero-order chi connectivity index (χ0) is 26.8. The number of esters is 1. The lowest BCUT2D eigenvalue weighted by Gasteiger charge is -2.44. The number of allylic oxidation sites excluding steroid dienone is 2. The number of carbonyl (C=O) groups excluding carboxylic acids is 2. The van der Waals surface area contributed by atoms with E-state index in [0.717, 1.165) is 48.1 Å². The van der Waals surface area contributed by atoms with Crippen LogP contribution in [0.2, 0.25) is 0 Å². The number of fused-ring (bicyclic) bond motifs is 2. The van der Waals surface area contributed by atoms with Crippen LogP contribution >= 0.6 is 0 Å². The number of rotatable bonds is 5. The number of carbonyl (C=O) groups is 2. The van der Waals surface area contributed by atoms with E-state index in [-0.39, 0.29) is 53.5 Å². The van der Waals surface area contributed by atoms with E-state index in [1.165, 1.54) is 12.1 Å². The summed E-state index contributed by atoms with van der Waals surface area (Å²) in [5.41, 5.74) is 3.59. The van der Waals surface area contributed by atoms with Crippen molar-refractivity contribution in [1.29, 1.82) is 0 Å². The highest BCUT2D eigenvalue weighted by Gasteiger charge is 2.54. The Bertz CT molecular complexity index is 1230. The number of nitrogens with one attached hydrogen (secondary N) is 1. The molecule has 1 unspecified atom stereocenters. The maximum Gasteiger partial charge on any atom is 0.407 e. The topological polar surface area (TPSA) is 77.5 Å². The summed E-state index contributed by atoms with van der Waals surface area (Å²) in [6.07, 6.45) is 8.51. The molecular weight excluding hydrogens is 483 g/mol. The maximum absolute atomic E-state index is 13.6. The molecule has 200 valence electrons. The summed E-state index contributed by atoms with van der Waals surface area (Å²) in [7, 11) is 0. The second kappa shape index (κ2) is 11.1. The first-order valence-electron chi connectivity index (χ1n) is 13.6. The molecule has 1 aliphatic heterocycles. The van der Waals surface area contributed by atoms with Crippen LogP contribution in [0.5, 0.6) is 0 Å². The van der Waals surface area contributed by atoms with Gasteiger partial charge >= 0.3 is 12.1 Å². The fourth-order valence-corrected chi connectivity index (χ4v) is 6.82. The summed E-state index contributed by atoms with van der Waals surface area (Å²) in [5, 5.41) is 3.02. The monoisotopic (exact) mass is 518 g/mol. The molecule has 2 heterocycles. The molecule has 6 nitrogen and oxygen atoms in total. The van der Waals surface area contributed by atoms with E-state index < -0.39 is 6.09 Å². The zero-order valence-corrected chi connectivity index (χ0v) is 21.9. The van der Waals surface area contributed by atoms with Crippen LogP contribution in [0.4, 0.5) is 9.18 Å². The minimum atomic E-state index is -0.395. The predicted molar refractivity (Wildman–Crippen MR) is 143 cm³/mol. The molecule has 3 aliphatic rings. The molecule has 3 fully saturated rings. The molecule has 2 saturated carbocycles. The van der Waals surface area contributed by atoms with Crippen molar-refractivity contribution in [2.24, 2.45) is 29.6 Å². The van der Waals surface area contributed by atoms with Crippen LogP contribution in [-0.4, -0.2) is 35.8 Å². The van der Waals surface area contributed by atoms with Crippen LogP contribution in [0.15, 0.2) is 60.8 Å². The van der Waals surface area contributed by atoms with Crippen LogP contribution in [-0.2, 0) is 14.3 Å². The van der Waals surface area contributed by atoms with Gasteiger partial charge in [0.1, 0.15) is 11.9 Å². The summed E-state index contributed by atoms with van der Waals surface area (Å²) in [4.78, 5) is 29.6. The van der Waals surface area contributed by atoms with Gasteiger partial charge in [0.05, 0.1) is 18.2 Å². The molecule has 38 heavy (non-hydrogen) atoms. The zero-order valence-electron chi connectivity index (χ0n) is 21.9. The Morgan fingerprint density at radius 3 is 2.84 bits per heavy atom. The minimum absolute atomic E-state index is 0.0196. The Balaban J connectivity index is 1.40. The van der Waals surface area contributed by atoms with Crippen molar-refractivity contribution < 1.29 is 23.5 Å². The first-order chi connectivity index (χ1) is 18.3. The highest BCUT2D eigenvalue weighted by molar-refractivity contribution is 5.76. The quantitative estimate of drug-likeness (QED) is 0.378. The van der Waals surface area contributed by atoms with E-state index in [1.54, 1.807) is 19.2 Å². The van der Waals surface area contributed by atoms with Gasteiger partial charge in [0.15, 0.2) is 0 Å². The summed E-state index contributed by atoms with van der Waals surface area (Å²) >= 11 is 0. The third-order valence-corrected chi connectivity index (χ3v) is 8.44. The Morgan fingerprint density at radius 2 is 2.11 bits per heavy atom. The number of hydrogen-bond donors (Lipinski definition) is 1. The lowest BCUT2D eigenvalue weighted by Crippen LogP contribution is -2.43. The number of alkyl carbamates (subject to hydrolysis) is 1. The van der Waals surface area contributed by atoms with Gasteiger partial charge in [-0.05, 0) is 87.1 Å². The van der Waals surface area contributed by atoms with Gasteiger partial charge < -0.3 is 14.8 Å². The number of cyclic esters (lactones) is 1. The number of halogens is 1. The predicted octanol–water partition coefficient (Wildman–Crippen LogP) is 6.19. The summed E-state index contributed by atoms with van der Waals surface area (Å²) < 4.78 is 24.5. The molecule has 2 aromatic rings. The molecule has 1 saturated heterocycles. The number of nitrogens with zero attached hydrogens (tertiary/aromatic N) is 1. The van der Waals surface area contributed by atoms with Crippen LogP contribution in [0.3, 0.4) is 0 Å². The lowest BCUT2D eigenvalue weighted by molar-refractivity contribution is -0.144. The van der Waals surface area contributed by atoms with Gasteiger partial charge in [-0.3, -0.25) is 9.78 Å². The van der Waals surface area contributed by atoms with Crippen LogP contribution in [0, 0.1) is 35.4 Å². The van der Waals surface area contributed by atoms with Gasteiger partial charge in [-0.1, -0.05) is 36.4 Å². The van der Waals surface area contributed by atoms with Gasteiger partial charge in [-0.25, -0.2) is 9.18 Å². The van der Waals surface area contributed by atoms with Crippen molar-refractivity contribution in [2.75, 3.05) is 6.61 Å². The highest BCUT2D eigenvalue weighted by Crippen LogP contribution is 2.54. The second-order valence-corrected chi connectivity index (χ2v) is 10.8. The number of ether oxygens (including phenoxy) is 2. The van der Waals surface area contributed by atoms with Gasteiger partial charge in [-0.2, -0.15) is 0 Å². The van der Waals surface area contributed by atoms with Gasteiger partial charge in [-0.15, -0.1) is 0 Å². The fourth-order valence-electron chi connectivity index (χ4n) is 6.82. The number of amides is 1. The SMILES string of the molecule is C=C1CC[C@@H](NC(=O)OCC)C[C@H]2C[C@H]3C(=O)O[C@H](C)[C@H]3[C@@H](/C=C/c3ccc(-c4cccc(F)c4)cn3)C12. The van der Waals surface area contributed by atoms with Crippen molar-refractivity contribution in [2.45, 2.75) is 51.7 Å². The minimum Gasteiger partial charge on any atom is -0.462 e. The number of hydrogen-bond acceptors (Lipinski definition) is 5. The van der Waals surface area contributed by atoms with Crippen molar-refractivity contribution in [3.63, 3.8) is 0 Å². The van der Waals surface area contributed by atoms with Gasteiger partial charge in [0, 0.05) is 23.7 Å². The third-order valence-electron chi connectivity index (χ3n) is 8.44. The van der Waals surface area contributed by atoms with Crippen molar-refractivity contribution in [1.82, 2.24) is 10.3 Å². The van der Waals surface area contributed by atoms with Crippen molar-refractivity contribution in [3.8, 4) is 11.1 Å². The van der Waals surface area contributed by atoms with Gasteiger partial charge in [0.25, 0.3) is 0 Å².